The summed E-state index contributed by atoms with van der Waals surface area (Å²) < 4.78 is 55.8. The Morgan fingerprint density at radius 3 is 2.66 bits per heavy atom. The van der Waals surface area contributed by atoms with E-state index in [2.05, 4.69) is 19.8 Å². The maximum absolute atomic E-state index is 14.0. The second-order valence-corrected chi connectivity index (χ2v) is 9.06. The first-order valence-corrected chi connectivity index (χ1v) is 11.3. The van der Waals surface area contributed by atoms with Gasteiger partial charge in [-0.15, -0.1) is 0 Å². The van der Waals surface area contributed by atoms with Gasteiger partial charge in [0.1, 0.15) is 0 Å². The van der Waals surface area contributed by atoms with E-state index in [4.69, 9.17) is 5.14 Å². The predicted octanol–water partition coefficient (Wildman–Crippen LogP) is 3.37. The van der Waals surface area contributed by atoms with Gasteiger partial charge in [-0.3, -0.25) is 4.98 Å². The molecule has 0 saturated carbocycles. The second kappa shape index (κ2) is 8.52. The molecule has 0 spiro atoms. The third kappa shape index (κ3) is 4.20. The first-order valence-electron chi connectivity index (χ1n) is 9.76. The first kappa shape index (κ1) is 22.2. The fraction of sp³-hybridized carbons (Fsp3) is 0.300. The number of nitrogens with one attached hydrogen (secondary N) is 1. The fourth-order valence-corrected chi connectivity index (χ4v) is 4.83. The van der Waals surface area contributed by atoms with Crippen LogP contribution in [0, 0.1) is 12.7 Å². The molecule has 4 rings (SSSR count). The number of benzene rings is 1. The third-order valence-corrected chi connectivity index (χ3v) is 6.47. The molecule has 32 heavy (non-hydrogen) atoms. The van der Waals surface area contributed by atoms with Crippen molar-refractivity contribution in [3.8, 4) is 11.1 Å². The molecule has 0 saturated heterocycles. The zero-order valence-corrected chi connectivity index (χ0v) is 17.8. The van der Waals surface area contributed by atoms with Crippen LogP contribution in [0.2, 0.25) is 0 Å². The normalized spacial score (nSPS) is 16.0. The third-order valence-electron chi connectivity index (χ3n) is 5.13. The van der Waals surface area contributed by atoms with Gasteiger partial charge in [0, 0.05) is 17.0 Å². The number of fused-ring (bicyclic) bond motifs is 1. The summed E-state index contributed by atoms with van der Waals surface area (Å²) in [5.74, 6) is -1.31. The van der Waals surface area contributed by atoms with Crippen LogP contribution in [0.5, 0.6) is 0 Å². The number of aryl methyl sites for hydroxylation is 2. The number of aromatic nitrogens is 3. The Hall–Kier alpha value is -2.96. The van der Waals surface area contributed by atoms with Gasteiger partial charge < -0.3 is 10.4 Å². The average Bonchev–Trinajstić information content (AvgIpc) is 3.35. The molecular weight excluding hydrogens is 445 g/mol. The summed E-state index contributed by atoms with van der Waals surface area (Å²) in [4.78, 5) is 4.68. The molecule has 4 N–H and O–H groups in total. The van der Waals surface area contributed by atoms with Crippen molar-refractivity contribution in [3.63, 3.8) is 0 Å². The lowest BCUT2D eigenvalue weighted by Crippen LogP contribution is -2.24. The van der Waals surface area contributed by atoms with Crippen LogP contribution in [0.1, 0.15) is 29.9 Å². The summed E-state index contributed by atoms with van der Waals surface area (Å²) >= 11 is 0. The lowest BCUT2D eigenvalue weighted by atomic mass is 9.98. The monoisotopic (exact) mass is 466 g/mol. The minimum absolute atomic E-state index is 0.0148. The van der Waals surface area contributed by atoms with E-state index in [1.165, 1.54) is 0 Å². The van der Waals surface area contributed by atoms with E-state index in [9.17, 15) is 22.5 Å². The van der Waals surface area contributed by atoms with Gasteiger partial charge in [-0.1, -0.05) is 30.3 Å². The number of nitrogens with zero attached hydrogens (tertiary/aromatic N) is 4. The molecular formula is C20H21F3N6O2S. The SMILES string of the molecule is Cc1nc2c(c(NC(O)N=S(N)(=O)c3nn(C(F)F)cc3F)c1-c1ccccc1)CCC2. The van der Waals surface area contributed by atoms with Crippen molar-refractivity contribution in [2.24, 2.45) is 9.50 Å². The highest BCUT2D eigenvalue weighted by atomic mass is 32.2. The number of anilines is 1. The van der Waals surface area contributed by atoms with Gasteiger partial charge in [0.05, 0.1) is 11.9 Å². The average molecular weight is 466 g/mol. The van der Waals surface area contributed by atoms with E-state index >= 15 is 0 Å². The van der Waals surface area contributed by atoms with Gasteiger partial charge >= 0.3 is 6.55 Å². The number of aliphatic hydroxyl groups is 1. The number of nitrogens with two attached hydrogens (primary N) is 1. The van der Waals surface area contributed by atoms with Crippen LogP contribution in [-0.4, -0.2) is 30.4 Å². The Morgan fingerprint density at radius 2 is 2.00 bits per heavy atom. The predicted molar refractivity (Wildman–Crippen MR) is 113 cm³/mol. The van der Waals surface area contributed by atoms with E-state index in [0.717, 1.165) is 40.9 Å². The quantitative estimate of drug-likeness (QED) is 0.482. The van der Waals surface area contributed by atoms with Crippen molar-refractivity contribution < 1.29 is 22.5 Å². The minimum atomic E-state index is -4.12. The second-order valence-electron chi connectivity index (χ2n) is 7.32. The Labute approximate surface area is 182 Å². The molecule has 1 aliphatic rings. The summed E-state index contributed by atoms with van der Waals surface area (Å²) in [5.41, 5.74) is 4.63. The van der Waals surface area contributed by atoms with Gasteiger partial charge in [0.2, 0.25) is 11.4 Å². The van der Waals surface area contributed by atoms with E-state index in [1.54, 1.807) is 0 Å². The molecule has 8 nitrogen and oxygen atoms in total. The molecule has 2 heterocycles. The molecule has 2 aromatic heterocycles. The molecule has 1 aromatic carbocycles. The molecule has 0 fully saturated rings. The molecule has 2 unspecified atom stereocenters. The number of aliphatic hydroxyl groups excluding tert-OH is 1. The highest BCUT2D eigenvalue weighted by molar-refractivity contribution is 7.91. The number of pyridine rings is 1. The van der Waals surface area contributed by atoms with Gasteiger partial charge in [0.25, 0.3) is 0 Å². The Morgan fingerprint density at radius 1 is 1.28 bits per heavy atom. The van der Waals surface area contributed by atoms with E-state index < -0.39 is 33.7 Å². The summed E-state index contributed by atoms with van der Waals surface area (Å²) in [6, 6.07) is 9.37. The van der Waals surface area contributed by atoms with Gasteiger partial charge in [-0.25, -0.2) is 18.4 Å². The molecule has 1 aliphatic carbocycles. The lowest BCUT2D eigenvalue weighted by molar-refractivity contribution is 0.0552. The topological polar surface area (TPSA) is 118 Å². The van der Waals surface area contributed by atoms with Crippen LogP contribution in [0.25, 0.3) is 11.1 Å². The maximum Gasteiger partial charge on any atom is 0.333 e. The van der Waals surface area contributed by atoms with Crippen LogP contribution in [-0.2, 0) is 22.8 Å². The van der Waals surface area contributed by atoms with Crippen LogP contribution < -0.4 is 10.5 Å². The molecule has 0 aliphatic heterocycles. The van der Waals surface area contributed by atoms with Crippen LogP contribution in [0.15, 0.2) is 45.9 Å². The maximum atomic E-state index is 14.0. The highest BCUT2D eigenvalue weighted by Gasteiger charge is 2.26. The number of hydrogen-bond acceptors (Lipinski definition) is 6. The lowest BCUT2D eigenvalue weighted by Gasteiger charge is -2.20. The van der Waals surface area contributed by atoms with Crippen molar-refractivity contribution in [2.45, 2.75) is 44.1 Å². The zero-order chi connectivity index (χ0) is 23.0. The molecule has 170 valence electrons. The van der Waals surface area contributed by atoms with Crippen LogP contribution >= 0.6 is 0 Å². The standard InChI is InChI=1S/C20H21F3N6O2S/c1-11-16(12-6-3-2-4-7-12)17(13-8-5-9-15(13)25-11)26-20(30)28-32(24,31)18-14(21)10-29(27-18)19(22)23/h2-4,6-7,10,19-20,30H,5,8-9H2,1H3,(H,25,26)(H2,24,28,31). The fourth-order valence-electron chi connectivity index (χ4n) is 3.83. The summed E-state index contributed by atoms with van der Waals surface area (Å²) in [7, 11) is -4.12. The molecule has 2 atom stereocenters. The Bertz CT molecular complexity index is 1270. The summed E-state index contributed by atoms with van der Waals surface area (Å²) in [6.07, 6.45) is 0.915. The first-order chi connectivity index (χ1) is 15.2. The highest BCUT2D eigenvalue weighted by Crippen LogP contribution is 2.38. The number of rotatable bonds is 6. The van der Waals surface area contributed by atoms with Crippen LogP contribution in [0.4, 0.5) is 18.9 Å². The van der Waals surface area contributed by atoms with Crippen molar-refractivity contribution in [1.29, 1.82) is 0 Å². The zero-order valence-electron chi connectivity index (χ0n) is 17.0. The summed E-state index contributed by atoms with van der Waals surface area (Å²) in [6.45, 7) is -1.30. The molecule has 0 bridgehead atoms. The number of alkyl halides is 2. The van der Waals surface area contributed by atoms with Crippen molar-refractivity contribution in [3.05, 3.63) is 59.3 Å². The van der Waals surface area contributed by atoms with Crippen LogP contribution in [0.3, 0.4) is 0 Å². The van der Waals surface area contributed by atoms with Crippen molar-refractivity contribution in [2.75, 3.05) is 5.32 Å². The van der Waals surface area contributed by atoms with Gasteiger partial charge in [0.15, 0.2) is 15.7 Å². The summed E-state index contributed by atoms with van der Waals surface area (Å²) in [5, 5.41) is 21.2. The number of hydrogen-bond donors (Lipinski definition) is 3. The van der Waals surface area contributed by atoms with Gasteiger partial charge in [-0.05, 0) is 37.3 Å². The molecule has 3 aromatic rings. The van der Waals surface area contributed by atoms with E-state index in [0.29, 0.717) is 18.3 Å². The largest absolute Gasteiger partial charge is 0.355 e. The minimum Gasteiger partial charge on any atom is -0.355 e. The molecule has 12 heteroatoms. The number of halogens is 3. The smallest absolute Gasteiger partial charge is 0.333 e. The Balaban J connectivity index is 1.75. The van der Waals surface area contributed by atoms with Crippen molar-refractivity contribution >= 4 is 15.6 Å². The van der Waals surface area contributed by atoms with E-state index in [-0.39, 0.29) is 4.68 Å². The van der Waals surface area contributed by atoms with Gasteiger partial charge in [-0.2, -0.15) is 18.2 Å². The van der Waals surface area contributed by atoms with Crippen molar-refractivity contribution in [1.82, 2.24) is 14.8 Å². The molecule has 0 amide bonds. The van der Waals surface area contributed by atoms with E-state index in [1.807, 2.05) is 37.3 Å². The Kier molecular flexibility index (Phi) is 5.93. The molecule has 0 radical (unpaired) electrons.